The molecule has 0 atom stereocenters. The minimum absolute atomic E-state index is 0.135. The fourth-order valence-electron chi connectivity index (χ4n) is 2.20. The van der Waals surface area contributed by atoms with Crippen LogP contribution in [0.2, 0.25) is 0 Å². The molecule has 0 spiro atoms. The van der Waals surface area contributed by atoms with Gasteiger partial charge in [0.05, 0.1) is 13.3 Å². The van der Waals surface area contributed by atoms with E-state index in [4.69, 9.17) is 13.9 Å². The second-order valence-electron chi connectivity index (χ2n) is 5.32. The fraction of sp³-hybridized carbons (Fsp3) is 0.176. The lowest BCUT2D eigenvalue weighted by Gasteiger charge is -2.09. The summed E-state index contributed by atoms with van der Waals surface area (Å²) in [5.41, 5.74) is 0.504. The van der Waals surface area contributed by atoms with Gasteiger partial charge in [0.25, 0.3) is 0 Å². The number of aromatic hydroxyl groups is 1. The van der Waals surface area contributed by atoms with Gasteiger partial charge in [-0.25, -0.2) is 4.68 Å². The lowest BCUT2D eigenvalue weighted by atomic mass is 10.2. The number of aldehydes is 1. The Morgan fingerprint density at radius 2 is 2.15 bits per heavy atom. The van der Waals surface area contributed by atoms with E-state index in [2.05, 4.69) is 10.3 Å². The first-order chi connectivity index (χ1) is 12.6. The summed E-state index contributed by atoms with van der Waals surface area (Å²) in [7, 11) is 1.48. The molecular formula is C17H15N3O6. The Morgan fingerprint density at radius 3 is 2.88 bits per heavy atom. The van der Waals surface area contributed by atoms with Crippen molar-refractivity contribution in [3.05, 3.63) is 64.0 Å². The van der Waals surface area contributed by atoms with Crippen LogP contribution in [0.5, 0.6) is 17.2 Å². The van der Waals surface area contributed by atoms with Gasteiger partial charge in [-0.2, -0.15) is 0 Å². The van der Waals surface area contributed by atoms with E-state index in [1.54, 1.807) is 24.4 Å². The zero-order chi connectivity index (χ0) is 18.5. The van der Waals surface area contributed by atoms with Gasteiger partial charge in [0.1, 0.15) is 37.2 Å². The second-order valence-corrected chi connectivity index (χ2v) is 5.32. The highest BCUT2D eigenvalue weighted by molar-refractivity contribution is 5.76. The summed E-state index contributed by atoms with van der Waals surface area (Å²) in [4.78, 5) is 22.2. The van der Waals surface area contributed by atoms with Crippen molar-refractivity contribution in [2.75, 3.05) is 7.11 Å². The first kappa shape index (κ1) is 17.2. The van der Waals surface area contributed by atoms with E-state index in [0.29, 0.717) is 28.5 Å². The molecule has 0 amide bonds. The molecule has 0 unspecified atom stereocenters. The monoisotopic (exact) mass is 357 g/mol. The predicted molar refractivity (Wildman–Crippen MR) is 88.5 cm³/mol. The molecule has 9 heteroatoms. The maximum absolute atomic E-state index is 11.4. The summed E-state index contributed by atoms with van der Waals surface area (Å²) >= 11 is 0. The van der Waals surface area contributed by atoms with Gasteiger partial charge >= 0.3 is 0 Å². The number of methoxy groups -OCH3 is 1. The molecular weight excluding hydrogens is 342 g/mol. The van der Waals surface area contributed by atoms with Gasteiger partial charge in [0.2, 0.25) is 5.43 Å². The highest BCUT2D eigenvalue weighted by Crippen LogP contribution is 2.28. The van der Waals surface area contributed by atoms with E-state index in [1.165, 1.54) is 17.9 Å². The number of hydrogen-bond donors (Lipinski definition) is 1. The second kappa shape index (κ2) is 7.51. The van der Waals surface area contributed by atoms with Crippen molar-refractivity contribution in [3.63, 3.8) is 0 Å². The molecule has 2 heterocycles. The minimum atomic E-state index is -0.527. The van der Waals surface area contributed by atoms with E-state index in [1.807, 2.05) is 0 Å². The first-order valence-electron chi connectivity index (χ1n) is 7.54. The maximum Gasteiger partial charge on any atom is 0.226 e. The SMILES string of the molecule is COc1cc(C=O)ccc1OCc1cn(Cc2cc(=O)c(O)co2)nn1. The van der Waals surface area contributed by atoms with E-state index in [9.17, 15) is 14.7 Å². The van der Waals surface area contributed by atoms with Crippen molar-refractivity contribution in [1.29, 1.82) is 0 Å². The first-order valence-corrected chi connectivity index (χ1v) is 7.54. The number of hydrogen-bond acceptors (Lipinski definition) is 8. The third-order valence-corrected chi connectivity index (χ3v) is 3.47. The van der Waals surface area contributed by atoms with Crippen LogP contribution in [0, 0.1) is 0 Å². The van der Waals surface area contributed by atoms with Gasteiger partial charge in [-0.1, -0.05) is 5.21 Å². The van der Waals surface area contributed by atoms with Gasteiger partial charge < -0.3 is 19.0 Å². The van der Waals surface area contributed by atoms with Crippen molar-refractivity contribution < 1.29 is 23.8 Å². The molecule has 0 radical (unpaired) electrons. The van der Waals surface area contributed by atoms with Crippen LogP contribution in [0.4, 0.5) is 0 Å². The molecule has 3 rings (SSSR count). The summed E-state index contributed by atoms with van der Waals surface area (Å²) in [5.74, 6) is 0.789. The highest BCUT2D eigenvalue weighted by atomic mass is 16.5. The molecule has 2 aromatic heterocycles. The van der Waals surface area contributed by atoms with Crippen molar-refractivity contribution in [2.24, 2.45) is 0 Å². The number of rotatable bonds is 7. The minimum Gasteiger partial charge on any atom is -0.502 e. The molecule has 0 saturated heterocycles. The molecule has 134 valence electrons. The maximum atomic E-state index is 11.4. The van der Waals surface area contributed by atoms with Crippen LogP contribution < -0.4 is 14.9 Å². The van der Waals surface area contributed by atoms with E-state index in [-0.39, 0.29) is 13.2 Å². The van der Waals surface area contributed by atoms with Crippen LogP contribution in [0.15, 0.2) is 45.9 Å². The molecule has 0 aliphatic heterocycles. The average Bonchev–Trinajstić information content (AvgIpc) is 3.10. The molecule has 0 fully saturated rings. The van der Waals surface area contributed by atoms with Crippen LogP contribution in [0.3, 0.4) is 0 Å². The zero-order valence-corrected chi connectivity index (χ0v) is 13.8. The molecule has 1 N–H and O–H groups in total. The van der Waals surface area contributed by atoms with Crippen LogP contribution in [0.1, 0.15) is 21.8 Å². The van der Waals surface area contributed by atoms with Gasteiger partial charge in [0, 0.05) is 11.6 Å². The summed E-state index contributed by atoms with van der Waals surface area (Å²) in [6.07, 6.45) is 3.34. The topological polar surface area (TPSA) is 117 Å². The molecule has 9 nitrogen and oxygen atoms in total. The van der Waals surface area contributed by atoms with Gasteiger partial charge in [-0.05, 0) is 18.2 Å². The zero-order valence-electron chi connectivity index (χ0n) is 13.8. The number of carbonyl (C=O) groups is 1. The number of ether oxygens (including phenoxy) is 2. The number of nitrogens with zero attached hydrogens (tertiary/aromatic N) is 3. The number of carbonyl (C=O) groups excluding carboxylic acids is 1. The molecule has 0 aliphatic carbocycles. The molecule has 0 saturated carbocycles. The summed E-state index contributed by atoms with van der Waals surface area (Å²) < 4.78 is 17.4. The fourth-order valence-corrected chi connectivity index (χ4v) is 2.20. The van der Waals surface area contributed by atoms with Crippen LogP contribution in [-0.4, -0.2) is 33.5 Å². The van der Waals surface area contributed by atoms with Crippen LogP contribution in [0.25, 0.3) is 0 Å². The van der Waals surface area contributed by atoms with Gasteiger partial charge in [-0.15, -0.1) is 5.10 Å². The van der Waals surface area contributed by atoms with Crippen molar-refractivity contribution in [1.82, 2.24) is 15.0 Å². The lowest BCUT2D eigenvalue weighted by Crippen LogP contribution is -2.05. The number of benzene rings is 1. The van der Waals surface area contributed by atoms with Crippen LogP contribution in [-0.2, 0) is 13.2 Å². The smallest absolute Gasteiger partial charge is 0.226 e. The normalized spacial score (nSPS) is 10.5. The van der Waals surface area contributed by atoms with E-state index in [0.717, 1.165) is 12.5 Å². The molecule has 0 bridgehead atoms. The summed E-state index contributed by atoms with van der Waals surface area (Å²) in [6.45, 7) is 0.316. The lowest BCUT2D eigenvalue weighted by molar-refractivity contribution is 0.112. The Labute approximate surface area is 147 Å². The predicted octanol–water partition coefficient (Wildman–Crippen LogP) is 1.39. The average molecular weight is 357 g/mol. The molecule has 1 aromatic carbocycles. The Morgan fingerprint density at radius 1 is 1.31 bits per heavy atom. The number of aromatic nitrogens is 3. The van der Waals surface area contributed by atoms with Crippen molar-refractivity contribution in [2.45, 2.75) is 13.2 Å². The Balaban J connectivity index is 1.66. The Bertz CT molecular complexity index is 979. The van der Waals surface area contributed by atoms with Gasteiger partial charge in [0.15, 0.2) is 17.2 Å². The standard InChI is InChI=1S/C17H15N3O6/c1-24-17-4-11(8-21)2-3-16(17)26-9-12-6-20(19-18-12)7-13-5-14(22)15(23)10-25-13/h2-6,8,10,23H,7,9H2,1H3. The van der Waals surface area contributed by atoms with E-state index >= 15 is 0 Å². The Hall–Kier alpha value is -3.62. The van der Waals surface area contributed by atoms with Gasteiger partial charge in [-0.3, -0.25) is 9.59 Å². The summed E-state index contributed by atoms with van der Waals surface area (Å²) in [5, 5.41) is 17.1. The highest BCUT2D eigenvalue weighted by Gasteiger charge is 2.09. The summed E-state index contributed by atoms with van der Waals surface area (Å²) in [6, 6.07) is 6.02. The largest absolute Gasteiger partial charge is 0.502 e. The van der Waals surface area contributed by atoms with Crippen molar-refractivity contribution in [3.8, 4) is 17.2 Å². The van der Waals surface area contributed by atoms with Crippen LogP contribution >= 0.6 is 0 Å². The third-order valence-electron chi connectivity index (χ3n) is 3.47. The quantitative estimate of drug-likeness (QED) is 0.631. The molecule has 0 aliphatic rings. The third kappa shape index (κ3) is 3.89. The van der Waals surface area contributed by atoms with E-state index < -0.39 is 11.2 Å². The Kier molecular flexibility index (Phi) is 4.97. The molecule has 3 aromatic rings. The molecule has 26 heavy (non-hydrogen) atoms. The van der Waals surface area contributed by atoms with Crippen molar-refractivity contribution >= 4 is 6.29 Å².